The van der Waals surface area contributed by atoms with Crippen molar-refractivity contribution in [1.29, 1.82) is 0 Å². The Kier molecular flexibility index (Phi) is 6.63. The third-order valence-corrected chi connectivity index (χ3v) is 5.15. The standard InChI is InChI=1S/C22H29N3O3/c1-23-22(24-14-18-12-19(27-2)21(26)20(13-18)28-3)25-10-9-17(15-25)11-16-7-5-4-6-8-16/h4-8,12-13,17,26H,9-11,14-15H2,1-3H3,(H,23,24). The van der Waals surface area contributed by atoms with Gasteiger partial charge in [-0.25, -0.2) is 0 Å². The fourth-order valence-corrected chi connectivity index (χ4v) is 3.70. The van der Waals surface area contributed by atoms with E-state index in [-0.39, 0.29) is 5.75 Å². The van der Waals surface area contributed by atoms with Crippen LogP contribution in [0.3, 0.4) is 0 Å². The average Bonchev–Trinajstić information content (AvgIpc) is 3.18. The number of ether oxygens (including phenoxy) is 2. The van der Waals surface area contributed by atoms with Crippen LogP contribution in [-0.4, -0.2) is 50.3 Å². The van der Waals surface area contributed by atoms with E-state index >= 15 is 0 Å². The summed E-state index contributed by atoms with van der Waals surface area (Å²) in [5.41, 5.74) is 2.34. The largest absolute Gasteiger partial charge is 0.502 e. The fraction of sp³-hybridized carbons (Fsp3) is 0.409. The van der Waals surface area contributed by atoms with Gasteiger partial charge >= 0.3 is 0 Å². The summed E-state index contributed by atoms with van der Waals surface area (Å²) in [5.74, 6) is 2.34. The molecule has 0 saturated carbocycles. The summed E-state index contributed by atoms with van der Waals surface area (Å²) in [6, 6.07) is 14.3. The first-order chi connectivity index (χ1) is 13.6. The fourth-order valence-electron chi connectivity index (χ4n) is 3.70. The molecular weight excluding hydrogens is 354 g/mol. The van der Waals surface area contributed by atoms with Gasteiger partial charge in [0.1, 0.15) is 0 Å². The van der Waals surface area contributed by atoms with Gasteiger partial charge in [-0.3, -0.25) is 4.99 Å². The van der Waals surface area contributed by atoms with E-state index in [1.54, 1.807) is 12.1 Å². The van der Waals surface area contributed by atoms with Gasteiger partial charge in [0.15, 0.2) is 17.5 Å². The average molecular weight is 383 g/mol. The molecule has 2 aromatic rings. The van der Waals surface area contributed by atoms with E-state index < -0.39 is 0 Å². The number of phenolic OH excluding ortho intramolecular Hbond substituents is 1. The van der Waals surface area contributed by atoms with Crippen LogP contribution in [0.1, 0.15) is 17.5 Å². The summed E-state index contributed by atoms with van der Waals surface area (Å²) in [7, 11) is 4.87. The lowest BCUT2D eigenvalue weighted by Gasteiger charge is -2.22. The maximum atomic E-state index is 10.1. The number of aromatic hydroxyl groups is 1. The van der Waals surface area contributed by atoms with Crippen LogP contribution in [0.5, 0.6) is 17.2 Å². The number of hydrogen-bond acceptors (Lipinski definition) is 4. The van der Waals surface area contributed by atoms with Crippen molar-refractivity contribution in [1.82, 2.24) is 10.2 Å². The molecule has 0 aliphatic carbocycles. The first kappa shape index (κ1) is 19.9. The number of guanidine groups is 1. The Morgan fingerprint density at radius 3 is 2.43 bits per heavy atom. The number of nitrogens with zero attached hydrogens (tertiary/aromatic N) is 2. The summed E-state index contributed by atoms with van der Waals surface area (Å²) < 4.78 is 10.5. The van der Waals surface area contributed by atoms with Crippen molar-refractivity contribution >= 4 is 5.96 Å². The molecule has 2 aromatic carbocycles. The molecule has 0 spiro atoms. The summed E-state index contributed by atoms with van der Waals surface area (Å²) in [4.78, 5) is 6.76. The van der Waals surface area contributed by atoms with Gasteiger partial charge < -0.3 is 24.8 Å². The number of methoxy groups -OCH3 is 2. The summed E-state index contributed by atoms with van der Waals surface area (Å²) >= 11 is 0. The maximum Gasteiger partial charge on any atom is 0.200 e. The van der Waals surface area contributed by atoms with Gasteiger partial charge in [-0.2, -0.15) is 0 Å². The second-order valence-corrected chi connectivity index (χ2v) is 7.04. The smallest absolute Gasteiger partial charge is 0.200 e. The van der Waals surface area contributed by atoms with E-state index in [1.807, 2.05) is 7.05 Å². The van der Waals surface area contributed by atoms with Crippen LogP contribution >= 0.6 is 0 Å². The third kappa shape index (κ3) is 4.68. The van der Waals surface area contributed by atoms with Crippen LogP contribution in [0, 0.1) is 5.92 Å². The first-order valence-corrected chi connectivity index (χ1v) is 9.58. The summed E-state index contributed by atoms with van der Waals surface area (Å²) in [6.07, 6.45) is 2.26. The number of phenols is 1. The number of rotatable bonds is 6. The molecule has 2 N–H and O–H groups in total. The van der Waals surface area contributed by atoms with Gasteiger partial charge in [0.2, 0.25) is 5.75 Å². The quantitative estimate of drug-likeness (QED) is 0.593. The molecular formula is C22H29N3O3. The Hall–Kier alpha value is -2.89. The van der Waals surface area contributed by atoms with E-state index in [0.717, 1.165) is 37.5 Å². The Balaban J connectivity index is 1.59. The molecule has 0 radical (unpaired) electrons. The van der Waals surface area contributed by atoms with E-state index in [9.17, 15) is 5.11 Å². The van der Waals surface area contributed by atoms with Gasteiger partial charge in [0, 0.05) is 26.7 Å². The Morgan fingerprint density at radius 1 is 1.14 bits per heavy atom. The monoisotopic (exact) mass is 383 g/mol. The molecule has 1 aliphatic heterocycles. The van der Waals surface area contributed by atoms with Crippen LogP contribution in [0.25, 0.3) is 0 Å². The molecule has 0 aromatic heterocycles. The molecule has 150 valence electrons. The second-order valence-electron chi connectivity index (χ2n) is 7.04. The number of nitrogens with one attached hydrogen (secondary N) is 1. The Morgan fingerprint density at radius 2 is 1.82 bits per heavy atom. The molecule has 6 heteroatoms. The van der Waals surface area contributed by atoms with Crippen molar-refractivity contribution in [3.8, 4) is 17.2 Å². The van der Waals surface area contributed by atoms with Gasteiger partial charge in [-0.15, -0.1) is 0 Å². The lowest BCUT2D eigenvalue weighted by atomic mass is 9.99. The van der Waals surface area contributed by atoms with E-state index in [4.69, 9.17) is 9.47 Å². The second kappa shape index (κ2) is 9.35. The Bertz CT molecular complexity index is 783. The van der Waals surface area contributed by atoms with Crippen molar-refractivity contribution in [2.45, 2.75) is 19.4 Å². The van der Waals surface area contributed by atoms with Gasteiger partial charge in [-0.05, 0) is 42.0 Å². The van der Waals surface area contributed by atoms with Crippen LogP contribution in [0.2, 0.25) is 0 Å². The van der Waals surface area contributed by atoms with Crippen molar-refractivity contribution in [3.05, 3.63) is 53.6 Å². The summed E-state index contributed by atoms with van der Waals surface area (Å²) in [5, 5.41) is 13.5. The molecule has 0 amide bonds. The van der Waals surface area contributed by atoms with Gasteiger partial charge in [0.25, 0.3) is 0 Å². The van der Waals surface area contributed by atoms with E-state index in [0.29, 0.717) is 24.0 Å². The Labute approximate surface area is 166 Å². The number of likely N-dealkylation sites (tertiary alicyclic amines) is 1. The molecule has 1 aliphatic rings. The molecule has 1 fully saturated rings. The predicted octanol–water partition coefficient (Wildman–Crippen LogP) is 3.05. The number of hydrogen-bond donors (Lipinski definition) is 2. The zero-order chi connectivity index (χ0) is 19.9. The zero-order valence-electron chi connectivity index (χ0n) is 16.8. The molecule has 0 bridgehead atoms. The normalized spacial score (nSPS) is 16.9. The lowest BCUT2D eigenvalue weighted by molar-refractivity contribution is 0.339. The van der Waals surface area contributed by atoms with Gasteiger partial charge in [-0.1, -0.05) is 30.3 Å². The van der Waals surface area contributed by atoms with Crippen LogP contribution in [0.4, 0.5) is 0 Å². The SMILES string of the molecule is CN=C(NCc1cc(OC)c(O)c(OC)c1)N1CCC(Cc2ccccc2)C1. The molecule has 6 nitrogen and oxygen atoms in total. The highest BCUT2D eigenvalue weighted by molar-refractivity contribution is 5.80. The topological polar surface area (TPSA) is 66.3 Å². The number of benzene rings is 2. The molecule has 28 heavy (non-hydrogen) atoms. The van der Waals surface area contributed by atoms with Crippen molar-refractivity contribution < 1.29 is 14.6 Å². The highest BCUT2D eigenvalue weighted by atomic mass is 16.5. The molecule has 1 unspecified atom stereocenters. The van der Waals surface area contributed by atoms with E-state index in [2.05, 4.69) is 45.5 Å². The minimum atomic E-state index is 0.0152. The highest BCUT2D eigenvalue weighted by Gasteiger charge is 2.25. The van der Waals surface area contributed by atoms with Gasteiger partial charge in [0.05, 0.1) is 14.2 Å². The molecule has 1 atom stereocenters. The van der Waals surface area contributed by atoms with E-state index in [1.165, 1.54) is 19.8 Å². The van der Waals surface area contributed by atoms with Crippen molar-refractivity contribution in [3.63, 3.8) is 0 Å². The summed E-state index contributed by atoms with van der Waals surface area (Å²) in [6.45, 7) is 2.57. The minimum Gasteiger partial charge on any atom is -0.502 e. The first-order valence-electron chi connectivity index (χ1n) is 9.58. The van der Waals surface area contributed by atoms with Crippen molar-refractivity contribution in [2.24, 2.45) is 10.9 Å². The molecule has 1 saturated heterocycles. The minimum absolute atomic E-state index is 0.0152. The van der Waals surface area contributed by atoms with Crippen LogP contribution in [0.15, 0.2) is 47.5 Å². The maximum absolute atomic E-state index is 10.1. The molecule has 3 rings (SSSR count). The van der Waals surface area contributed by atoms with Crippen molar-refractivity contribution in [2.75, 3.05) is 34.4 Å². The number of aliphatic imine (C=N–C) groups is 1. The molecule has 1 heterocycles. The zero-order valence-corrected chi connectivity index (χ0v) is 16.8. The predicted molar refractivity (Wildman–Crippen MR) is 111 cm³/mol. The highest BCUT2D eigenvalue weighted by Crippen LogP contribution is 2.37. The van der Waals surface area contributed by atoms with Crippen LogP contribution < -0.4 is 14.8 Å². The lowest BCUT2D eigenvalue weighted by Crippen LogP contribution is -2.39. The third-order valence-electron chi connectivity index (χ3n) is 5.15. The van der Waals surface area contributed by atoms with Crippen LogP contribution in [-0.2, 0) is 13.0 Å².